The van der Waals surface area contributed by atoms with Crippen molar-refractivity contribution >= 4 is 33.5 Å². The monoisotopic (exact) mass is 427 g/mol. The maximum absolute atomic E-state index is 12.8. The lowest BCUT2D eigenvalue weighted by molar-refractivity contribution is 0.0994. The van der Waals surface area contributed by atoms with Crippen LogP contribution in [0.5, 0.6) is 0 Å². The van der Waals surface area contributed by atoms with Gasteiger partial charge in [-0.3, -0.25) is 9.36 Å². The molecule has 4 rings (SSSR count). The minimum atomic E-state index is -0.241. The Kier molecular flexibility index (Phi) is 4.96. The number of nitrogens with zero attached hydrogens (tertiary/aromatic N) is 3. The normalized spacial score (nSPS) is 15.0. The number of hydrogen-bond donors (Lipinski definition) is 0. The fraction of sp³-hybridized carbons (Fsp3) is 0.250. The van der Waals surface area contributed by atoms with E-state index in [4.69, 9.17) is 0 Å². The van der Waals surface area contributed by atoms with E-state index in [1.165, 1.54) is 11.8 Å². The molecule has 0 aliphatic heterocycles. The molecule has 132 valence electrons. The summed E-state index contributed by atoms with van der Waals surface area (Å²) in [5.41, 5.74) is 1.76. The average molecular weight is 428 g/mol. The summed E-state index contributed by atoms with van der Waals surface area (Å²) in [6.07, 6.45) is 2.31. The SMILES string of the molecule is C[C@H](Sc1nnc(C2CC2)n1-c1ccccc1)C(=O)c1ccc(Br)cc1. The third kappa shape index (κ3) is 3.62. The van der Waals surface area contributed by atoms with Crippen molar-refractivity contribution in [3.05, 3.63) is 70.5 Å². The highest BCUT2D eigenvalue weighted by atomic mass is 79.9. The van der Waals surface area contributed by atoms with Gasteiger partial charge in [-0.2, -0.15) is 0 Å². The Hall–Kier alpha value is -1.92. The van der Waals surface area contributed by atoms with Gasteiger partial charge in [0.1, 0.15) is 5.82 Å². The number of Topliss-reactive ketones (excluding diaryl/α,β-unsaturated/α-hetero) is 1. The second-order valence-electron chi connectivity index (χ2n) is 6.42. The molecule has 1 fully saturated rings. The number of benzene rings is 2. The van der Waals surface area contributed by atoms with Gasteiger partial charge in [-0.05, 0) is 44.0 Å². The highest BCUT2D eigenvalue weighted by Gasteiger charge is 2.32. The zero-order valence-electron chi connectivity index (χ0n) is 14.3. The molecule has 2 aromatic carbocycles. The Morgan fingerprint density at radius 3 is 2.46 bits per heavy atom. The third-order valence-corrected chi connectivity index (χ3v) is 5.97. The summed E-state index contributed by atoms with van der Waals surface area (Å²) in [5, 5.41) is 9.36. The molecular weight excluding hydrogens is 410 g/mol. The van der Waals surface area contributed by atoms with Crippen molar-refractivity contribution in [3.63, 3.8) is 0 Å². The molecule has 0 saturated heterocycles. The van der Waals surface area contributed by atoms with Gasteiger partial charge in [-0.25, -0.2) is 0 Å². The summed E-state index contributed by atoms with van der Waals surface area (Å²) in [6.45, 7) is 1.93. The van der Waals surface area contributed by atoms with Crippen LogP contribution in [0.1, 0.15) is 41.9 Å². The van der Waals surface area contributed by atoms with Gasteiger partial charge in [0.25, 0.3) is 0 Å². The summed E-state index contributed by atoms with van der Waals surface area (Å²) in [6, 6.07) is 17.6. The van der Waals surface area contributed by atoms with E-state index in [1.807, 2.05) is 49.4 Å². The Labute approximate surface area is 165 Å². The van der Waals surface area contributed by atoms with Crippen LogP contribution in [-0.2, 0) is 0 Å². The second kappa shape index (κ2) is 7.37. The topological polar surface area (TPSA) is 47.8 Å². The number of hydrogen-bond acceptors (Lipinski definition) is 4. The van der Waals surface area contributed by atoms with Gasteiger partial charge in [0.2, 0.25) is 0 Å². The Balaban J connectivity index is 1.62. The van der Waals surface area contributed by atoms with Crippen molar-refractivity contribution in [1.82, 2.24) is 14.8 Å². The van der Waals surface area contributed by atoms with Crippen molar-refractivity contribution < 1.29 is 4.79 Å². The zero-order valence-corrected chi connectivity index (χ0v) is 16.7. The van der Waals surface area contributed by atoms with E-state index in [1.54, 1.807) is 0 Å². The van der Waals surface area contributed by atoms with E-state index in [0.717, 1.165) is 34.0 Å². The summed E-state index contributed by atoms with van der Waals surface area (Å²) >= 11 is 4.87. The number of carbonyl (C=O) groups is 1. The van der Waals surface area contributed by atoms with E-state index in [-0.39, 0.29) is 11.0 Å². The van der Waals surface area contributed by atoms with Crippen LogP contribution in [0.25, 0.3) is 5.69 Å². The number of para-hydroxylation sites is 1. The Morgan fingerprint density at radius 2 is 1.81 bits per heavy atom. The first-order valence-electron chi connectivity index (χ1n) is 8.60. The molecule has 0 amide bonds. The number of thioether (sulfide) groups is 1. The van der Waals surface area contributed by atoms with E-state index in [9.17, 15) is 4.79 Å². The largest absolute Gasteiger partial charge is 0.293 e. The number of aromatic nitrogens is 3. The van der Waals surface area contributed by atoms with Gasteiger partial charge >= 0.3 is 0 Å². The molecule has 0 radical (unpaired) electrons. The van der Waals surface area contributed by atoms with Crippen molar-refractivity contribution in [1.29, 1.82) is 0 Å². The first-order chi connectivity index (χ1) is 12.6. The van der Waals surface area contributed by atoms with Crippen LogP contribution in [0.2, 0.25) is 0 Å². The van der Waals surface area contributed by atoms with Gasteiger partial charge in [0.15, 0.2) is 10.9 Å². The smallest absolute Gasteiger partial charge is 0.196 e. The maximum Gasteiger partial charge on any atom is 0.196 e. The fourth-order valence-corrected chi connectivity index (χ4v) is 4.06. The van der Waals surface area contributed by atoms with E-state index < -0.39 is 0 Å². The van der Waals surface area contributed by atoms with Crippen LogP contribution in [0.3, 0.4) is 0 Å². The molecule has 1 heterocycles. The minimum Gasteiger partial charge on any atom is -0.293 e. The molecule has 1 aliphatic carbocycles. The van der Waals surface area contributed by atoms with Crippen molar-refractivity contribution in [2.45, 2.75) is 36.1 Å². The predicted molar refractivity (Wildman–Crippen MR) is 107 cm³/mol. The van der Waals surface area contributed by atoms with Gasteiger partial charge in [-0.15, -0.1) is 10.2 Å². The molecule has 26 heavy (non-hydrogen) atoms. The quantitative estimate of drug-likeness (QED) is 0.397. The molecule has 0 unspecified atom stereocenters. The lowest BCUT2D eigenvalue weighted by atomic mass is 10.1. The van der Waals surface area contributed by atoms with E-state index >= 15 is 0 Å². The average Bonchev–Trinajstić information content (AvgIpc) is 3.43. The van der Waals surface area contributed by atoms with Crippen LogP contribution in [0.15, 0.2) is 64.2 Å². The van der Waals surface area contributed by atoms with E-state index in [2.05, 4.69) is 42.8 Å². The second-order valence-corrected chi connectivity index (χ2v) is 8.64. The molecule has 3 aromatic rings. The molecule has 1 aromatic heterocycles. The van der Waals surface area contributed by atoms with Crippen molar-refractivity contribution in [3.8, 4) is 5.69 Å². The summed E-state index contributed by atoms with van der Waals surface area (Å²) in [7, 11) is 0. The molecular formula is C20H18BrN3OS. The number of halogens is 1. The van der Waals surface area contributed by atoms with Crippen LogP contribution in [0.4, 0.5) is 0 Å². The molecule has 0 N–H and O–H groups in total. The summed E-state index contributed by atoms with van der Waals surface area (Å²) in [4.78, 5) is 12.8. The third-order valence-electron chi connectivity index (χ3n) is 4.40. The van der Waals surface area contributed by atoms with Crippen LogP contribution in [-0.4, -0.2) is 25.8 Å². The lowest BCUT2D eigenvalue weighted by Crippen LogP contribution is -2.14. The van der Waals surface area contributed by atoms with Crippen LogP contribution < -0.4 is 0 Å². The first kappa shape index (κ1) is 17.5. The van der Waals surface area contributed by atoms with Crippen molar-refractivity contribution in [2.75, 3.05) is 0 Å². The standard InChI is InChI=1S/C20H18BrN3OS/c1-13(18(25)14-9-11-16(21)12-10-14)26-20-23-22-19(15-7-8-15)24(20)17-5-3-2-4-6-17/h2-6,9-13,15H,7-8H2,1H3/t13-/m0/s1. The molecule has 6 heteroatoms. The number of rotatable bonds is 6. The highest BCUT2D eigenvalue weighted by molar-refractivity contribution is 9.10. The zero-order chi connectivity index (χ0) is 18.1. The molecule has 1 atom stereocenters. The Bertz CT molecular complexity index is 920. The fourth-order valence-electron chi connectivity index (χ4n) is 2.84. The molecule has 1 saturated carbocycles. The van der Waals surface area contributed by atoms with Gasteiger partial charge in [0.05, 0.1) is 5.25 Å². The molecule has 4 nitrogen and oxygen atoms in total. The van der Waals surface area contributed by atoms with Crippen molar-refractivity contribution in [2.24, 2.45) is 0 Å². The van der Waals surface area contributed by atoms with Crippen LogP contribution in [0, 0.1) is 0 Å². The summed E-state index contributed by atoms with van der Waals surface area (Å²) < 4.78 is 3.07. The van der Waals surface area contributed by atoms with Gasteiger partial charge < -0.3 is 0 Å². The minimum absolute atomic E-state index is 0.0954. The number of carbonyl (C=O) groups excluding carboxylic acids is 1. The number of ketones is 1. The van der Waals surface area contributed by atoms with E-state index in [0.29, 0.717) is 11.5 Å². The predicted octanol–water partition coefficient (Wildman–Crippen LogP) is 5.27. The molecule has 1 aliphatic rings. The molecule has 0 bridgehead atoms. The lowest BCUT2D eigenvalue weighted by Gasteiger charge is -2.13. The summed E-state index contributed by atoms with van der Waals surface area (Å²) in [5.74, 6) is 1.58. The molecule has 0 spiro atoms. The Morgan fingerprint density at radius 1 is 1.12 bits per heavy atom. The highest BCUT2D eigenvalue weighted by Crippen LogP contribution is 2.41. The van der Waals surface area contributed by atoms with Crippen LogP contribution >= 0.6 is 27.7 Å². The first-order valence-corrected chi connectivity index (χ1v) is 10.3. The maximum atomic E-state index is 12.8. The van der Waals surface area contributed by atoms with Gasteiger partial charge in [-0.1, -0.05) is 58.0 Å². The van der Waals surface area contributed by atoms with Gasteiger partial charge in [0, 0.05) is 21.6 Å².